The predicted octanol–water partition coefficient (Wildman–Crippen LogP) is 1.98. The van der Waals surface area contributed by atoms with Crippen molar-refractivity contribution in [1.29, 1.82) is 0 Å². The van der Waals surface area contributed by atoms with E-state index in [4.69, 9.17) is 4.52 Å². The van der Waals surface area contributed by atoms with Crippen molar-refractivity contribution in [3.63, 3.8) is 0 Å². The Morgan fingerprint density at radius 2 is 2.30 bits per heavy atom. The van der Waals surface area contributed by atoms with Gasteiger partial charge >= 0.3 is 5.69 Å². The molecule has 0 saturated carbocycles. The highest BCUT2D eigenvalue weighted by Crippen LogP contribution is 2.28. The number of fused-ring (bicyclic) bond motifs is 3. The molecule has 0 unspecified atom stereocenters. The fourth-order valence-corrected chi connectivity index (χ4v) is 3.95. The number of H-pyrrole nitrogens is 2. The van der Waals surface area contributed by atoms with Crippen LogP contribution in [0.1, 0.15) is 35.1 Å². The molecule has 4 aromatic rings. The minimum absolute atomic E-state index is 0.113. The van der Waals surface area contributed by atoms with Crippen molar-refractivity contribution < 1.29 is 9.32 Å². The van der Waals surface area contributed by atoms with Gasteiger partial charge in [-0.25, -0.2) is 9.78 Å². The van der Waals surface area contributed by atoms with Crippen molar-refractivity contribution >= 4 is 28.0 Å². The van der Waals surface area contributed by atoms with Gasteiger partial charge in [0, 0.05) is 30.7 Å². The maximum Gasteiger partial charge on any atom is 0.326 e. The molecule has 2 N–H and O–H groups in total. The molecule has 4 aromatic heterocycles. The van der Waals surface area contributed by atoms with Gasteiger partial charge in [0.25, 0.3) is 5.91 Å². The van der Waals surface area contributed by atoms with Gasteiger partial charge in [-0.3, -0.25) is 9.36 Å². The van der Waals surface area contributed by atoms with Gasteiger partial charge in [0.05, 0.1) is 23.3 Å². The Morgan fingerprint density at radius 1 is 1.41 bits per heavy atom. The molecule has 138 valence electrons. The number of aromatic amines is 2. The first-order chi connectivity index (χ1) is 13.1. The van der Waals surface area contributed by atoms with E-state index in [1.807, 2.05) is 12.3 Å². The average Bonchev–Trinajstić information content (AvgIpc) is 3.38. The second kappa shape index (κ2) is 5.83. The lowest BCUT2D eigenvalue weighted by Crippen LogP contribution is -2.42. The molecule has 1 saturated heterocycles. The monoisotopic (exact) mass is 366 g/mol. The van der Waals surface area contributed by atoms with Crippen LogP contribution in [0.15, 0.2) is 33.8 Å². The molecule has 1 fully saturated rings. The average molecular weight is 366 g/mol. The standard InChI is InChI=1S/C18H18N6O3/c1-10-7-13(22-27-10)17(25)23-6-2-3-11(9-23)24-15-12-4-5-19-16(12)20-8-14(15)21-18(24)26/h4-5,7-8,11H,2-3,6,9H2,1H3,(H,19,20)(H,21,26)/t11-/m1/s1. The number of carbonyl (C=O) groups excluding carboxylic acids is 1. The number of aromatic nitrogens is 5. The molecule has 1 aliphatic rings. The third kappa shape index (κ3) is 2.46. The number of aryl methyl sites for hydroxylation is 1. The molecule has 1 aliphatic heterocycles. The summed E-state index contributed by atoms with van der Waals surface area (Å²) in [5.74, 6) is 0.431. The molecule has 0 aliphatic carbocycles. The van der Waals surface area contributed by atoms with Crippen molar-refractivity contribution in [3.05, 3.63) is 46.5 Å². The van der Waals surface area contributed by atoms with Crippen molar-refractivity contribution in [3.8, 4) is 0 Å². The minimum Gasteiger partial charge on any atom is -0.361 e. The third-order valence-corrected chi connectivity index (χ3v) is 5.16. The van der Waals surface area contributed by atoms with Crippen LogP contribution < -0.4 is 5.69 Å². The van der Waals surface area contributed by atoms with Crippen LogP contribution >= 0.6 is 0 Å². The first-order valence-corrected chi connectivity index (χ1v) is 8.91. The quantitative estimate of drug-likeness (QED) is 0.563. The van der Waals surface area contributed by atoms with Crippen LogP contribution in [0.25, 0.3) is 22.1 Å². The number of nitrogens with one attached hydrogen (secondary N) is 2. The maximum absolute atomic E-state index is 12.7. The van der Waals surface area contributed by atoms with E-state index in [0.717, 1.165) is 29.4 Å². The number of rotatable bonds is 2. The van der Waals surface area contributed by atoms with Crippen molar-refractivity contribution in [1.82, 2.24) is 29.6 Å². The third-order valence-electron chi connectivity index (χ3n) is 5.16. The maximum atomic E-state index is 12.7. The zero-order valence-electron chi connectivity index (χ0n) is 14.7. The van der Waals surface area contributed by atoms with E-state index in [1.54, 1.807) is 28.7 Å². The van der Waals surface area contributed by atoms with Crippen molar-refractivity contribution in [2.45, 2.75) is 25.8 Å². The molecule has 1 amide bonds. The Kier molecular flexibility index (Phi) is 3.43. The number of piperidine rings is 1. The number of imidazole rings is 1. The van der Waals surface area contributed by atoms with E-state index in [0.29, 0.717) is 30.1 Å². The lowest BCUT2D eigenvalue weighted by Gasteiger charge is -2.32. The number of pyridine rings is 1. The van der Waals surface area contributed by atoms with E-state index < -0.39 is 0 Å². The molecule has 9 nitrogen and oxygen atoms in total. The second-order valence-corrected chi connectivity index (χ2v) is 6.93. The van der Waals surface area contributed by atoms with Gasteiger partial charge < -0.3 is 19.4 Å². The van der Waals surface area contributed by atoms with Crippen LogP contribution in [-0.4, -0.2) is 48.6 Å². The number of likely N-dealkylation sites (tertiary alicyclic amines) is 1. The Hall–Kier alpha value is -3.36. The summed E-state index contributed by atoms with van der Waals surface area (Å²) in [7, 11) is 0. The molecule has 5 rings (SSSR count). The van der Waals surface area contributed by atoms with E-state index in [2.05, 4.69) is 20.1 Å². The van der Waals surface area contributed by atoms with Gasteiger partial charge in [0.2, 0.25) is 0 Å². The first-order valence-electron chi connectivity index (χ1n) is 8.91. The number of carbonyl (C=O) groups is 1. The number of hydrogen-bond donors (Lipinski definition) is 2. The highest BCUT2D eigenvalue weighted by atomic mass is 16.5. The van der Waals surface area contributed by atoms with Gasteiger partial charge in [-0.1, -0.05) is 5.16 Å². The zero-order valence-corrected chi connectivity index (χ0v) is 14.7. The summed E-state index contributed by atoms with van der Waals surface area (Å²) in [5.41, 5.74) is 2.37. The topological polar surface area (TPSA) is 113 Å². The molecular weight excluding hydrogens is 348 g/mol. The van der Waals surface area contributed by atoms with Crippen LogP contribution in [0.3, 0.4) is 0 Å². The second-order valence-electron chi connectivity index (χ2n) is 6.93. The summed E-state index contributed by atoms with van der Waals surface area (Å²) in [5, 5.41) is 4.72. The van der Waals surface area contributed by atoms with Crippen LogP contribution in [0.5, 0.6) is 0 Å². The van der Waals surface area contributed by atoms with Crippen LogP contribution in [-0.2, 0) is 0 Å². The van der Waals surface area contributed by atoms with E-state index in [9.17, 15) is 9.59 Å². The SMILES string of the molecule is Cc1cc(C(=O)N2CCC[C@@H](n3c(=O)[nH]c4cnc5[nH]ccc5c43)C2)no1. The lowest BCUT2D eigenvalue weighted by atomic mass is 10.0. The summed E-state index contributed by atoms with van der Waals surface area (Å²) in [6.45, 7) is 2.84. The highest BCUT2D eigenvalue weighted by Gasteiger charge is 2.29. The molecule has 9 heteroatoms. The Bertz CT molecular complexity index is 1210. The van der Waals surface area contributed by atoms with Crippen molar-refractivity contribution in [2.75, 3.05) is 13.1 Å². The summed E-state index contributed by atoms with van der Waals surface area (Å²) < 4.78 is 6.79. The van der Waals surface area contributed by atoms with Crippen LogP contribution in [0.2, 0.25) is 0 Å². The predicted molar refractivity (Wildman–Crippen MR) is 97.6 cm³/mol. The van der Waals surface area contributed by atoms with Crippen LogP contribution in [0, 0.1) is 6.92 Å². The first kappa shape index (κ1) is 15.9. The largest absolute Gasteiger partial charge is 0.361 e. The zero-order chi connectivity index (χ0) is 18.5. The summed E-state index contributed by atoms with van der Waals surface area (Å²) in [6.07, 6.45) is 5.11. The highest BCUT2D eigenvalue weighted by molar-refractivity contribution is 6.01. The normalized spacial score (nSPS) is 17.8. The molecule has 1 atom stereocenters. The minimum atomic E-state index is -0.183. The fraction of sp³-hybridized carbons (Fsp3) is 0.333. The van der Waals surface area contributed by atoms with E-state index in [-0.39, 0.29) is 17.6 Å². The molecule has 0 bridgehead atoms. The van der Waals surface area contributed by atoms with E-state index >= 15 is 0 Å². The Labute approximate surface area is 153 Å². The molecule has 0 spiro atoms. The van der Waals surface area contributed by atoms with Crippen molar-refractivity contribution in [2.24, 2.45) is 0 Å². The fourth-order valence-electron chi connectivity index (χ4n) is 3.95. The molecule has 5 heterocycles. The van der Waals surface area contributed by atoms with Gasteiger partial charge in [-0.15, -0.1) is 0 Å². The number of amides is 1. The van der Waals surface area contributed by atoms with Gasteiger partial charge in [-0.2, -0.15) is 0 Å². The summed E-state index contributed by atoms with van der Waals surface area (Å²) in [6, 6.07) is 3.44. The Morgan fingerprint density at radius 3 is 3.11 bits per heavy atom. The molecule has 0 radical (unpaired) electrons. The number of nitrogens with zero attached hydrogens (tertiary/aromatic N) is 4. The smallest absolute Gasteiger partial charge is 0.326 e. The Balaban J connectivity index is 1.55. The van der Waals surface area contributed by atoms with E-state index in [1.165, 1.54) is 0 Å². The van der Waals surface area contributed by atoms with Gasteiger partial charge in [-0.05, 0) is 25.8 Å². The van der Waals surface area contributed by atoms with Gasteiger partial charge in [0.15, 0.2) is 5.69 Å². The summed E-state index contributed by atoms with van der Waals surface area (Å²) >= 11 is 0. The molecular formula is C18H18N6O3. The van der Waals surface area contributed by atoms with Crippen LogP contribution in [0.4, 0.5) is 0 Å². The summed E-state index contributed by atoms with van der Waals surface area (Å²) in [4.78, 5) is 37.5. The number of hydrogen-bond acceptors (Lipinski definition) is 5. The van der Waals surface area contributed by atoms with Gasteiger partial charge in [0.1, 0.15) is 11.4 Å². The molecule has 27 heavy (non-hydrogen) atoms. The lowest BCUT2D eigenvalue weighted by molar-refractivity contribution is 0.0669. The molecule has 0 aromatic carbocycles.